The third-order valence-electron chi connectivity index (χ3n) is 13.5. The van der Waals surface area contributed by atoms with E-state index in [0.717, 1.165) is 110 Å². The van der Waals surface area contributed by atoms with Gasteiger partial charge in [-0.1, -0.05) is 0 Å². The average Bonchev–Trinajstić information content (AvgIpc) is 3.61. The Hall–Kier alpha value is -5.61. The summed E-state index contributed by atoms with van der Waals surface area (Å²) >= 11 is 0. The molecule has 326 valence electrons. The minimum Gasteiger partial charge on any atom is -0.496 e. The quantitative estimate of drug-likeness (QED) is 0.274. The maximum absolute atomic E-state index is 13.5. The molecule has 0 saturated carbocycles. The minimum atomic E-state index is -0.662. The van der Waals surface area contributed by atoms with E-state index in [-0.39, 0.29) is 36.4 Å². The monoisotopic (exact) mass is 838 g/mol. The average molecular weight is 839 g/mol. The highest BCUT2D eigenvalue weighted by molar-refractivity contribution is 6.06. The van der Waals surface area contributed by atoms with Crippen molar-refractivity contribution in [2.45, 2.75) is 64.2 Å². The van der Waals surface area contributed by atoms with Crippen molar-refractivity contribution in [2.75, 3.05) is 85.6 Å². The predicted molar refractivity (Wildman–Crippen MR) is 229 cm³/mol. The standard InChI is InChI=1S/C45H58N8O8/c1-46-45(58)52-15-11-32-33(25-48(2)43(56)34(32)27-52)29-21-37(59-3)35(38(22-29)60-4)26-50-13-9-28(10-14-50)8-12-49-16-18-51(19-17-49)31-20-30-24-53(36-6-7-40(54)47-42(36)55)44(57)41(30)39(23-31)61-5/h20-23,25,28,36H,6-19,24,26-27H2,1-5H3,(H,46,58)(H,47,54,55). The van der Waals surface area contributed by atoms with Gasteiger partial charge in [0, 0.05) is 95.4 Å². The molecule has 0 bridgehead atoms. The smallest absolute Gasteiger partial charge is 0.317 e. The lowest BCUT2D eigenvalue weighted by Crippen LogP contribution is -2.52. The van der Waals surface area contributed by atoms with Gasteiger partial charge in [-0.05, 0) is 92.5 Å². The summed E-state index contributed by atoms with van der Waals surface area (Å²) < 4.78 is 19.3. The molecule has 2 N–H and O–H groups in total. The Kier molecular flexibility index (Phi) is 12.3. The molecule has 0 radical (unpaired) electrons. The van der Waals surface area contributed by atoms with Crippen molar-refractivity contribution in [3.63, 3.8) is 0 Å². The number of nitrogens with one attached hydrogen (secondary N) is 2. The molecule has 0 aliphatic carbocycles. The predicted octanol–water partition coefficient (Wildman–Crippen LogP) is 2.96. The molecule has 8 rings (SSSR count). The van der Waals surface area contributed by atoms with E-state index in [9.17, 15) is 24.0 Å². The number of rotatable bonds is 11. The maximum Gasteiger partial charge on any atom is 0.317 e. The van der Waals surface area contributed by atoms with Gasteiger partial charge in [0.2, 0.25) is 11.8 Å². The Balaban J connectivity index is 0.845. The molecule has 16 nitrogen and oxygen atoms in total. The number of amides is 5. The second-order valence-corrected chi connectivity index (χ2v) is 16.9. The summed E-state index contributed by atoms with van der Waals surface area (Å²) in [5, 5.41) is 5.05. The molecule has 3 saturated heterocycles. The van der Waals surface area contributed by atoms with E-state index in [1.807, 2.05) is 12.3 Å². The highest BCUT2D eigenvalue weighted by atomic mass is 16.5. The largest absolute Gasteiger partial charge is 0.496 e. The molecule has 5 aliphatic heterocycles. The zero-order valence-electron chi connectivity index (χ0n) is 36.0. The fourth-order valence-electron chi connectivity index (χ4n) is 9.93. The van der Waals surface area contributed by atoms with Crippen LogP contribution >= 0.6 is 0 Å². The number of piperazine rings is 1. The lowest BCUT2D eigenvalue weighted by molar-refractivity contribution is -0.136. The van der Waals surface area contributed by atoms with Crippen molar-refractivity contribution in [1.82, 2.24) is 34.8 Å². The van der Waals surface area contributed by atoms with Crippen molar-refractivity contribution in [3.8, 4) is 28.4 Å². The molecule has 1 unspecified atom stereocenters. The molecule has 16 heteroatoms. The van der Waals surface area contributed by atoms with E-state index in [4.69, 9.17) is 14.2 Å². The van der Waals surface area contributed by atoms with Crippen molar-refractivity contribution in [3.05, 3.63) is 68.6 Å². The van der Waals surface area contributed by atoms with Gasteiger partial charge >= 0.3 is 6.03 Å². The molecule has 2 aromatic carbocycles. The summed E-state index contributed by atoms with van der Waals surface area (Å²) in [6.07, 6.45) is 6.42. The molecule has 3 aromatic rings. The number of hydrogen-bond acceptors (Lipinski definition) is 11. The lowest BCUT2D eigenvalue weighted by Gasteiger charge is -2.38. The number of anilines is 1. The van der Waals surface area contributed by atoms with Gasteiger partial charge in [0.05, 0.1) is 39.0 Å². The van der Waals surface area contributed by atoms with Crippen LogP contribution in [0.5, 0.6) is 17.2 Å². The number of likely N-dealkylation sites (tertiary alicyclic amines) is 1. The van der Waals surface area contributed by atoms with Crippen LogP contribution in [-0.2, 0) is 42.7 Å². The summed E-state index contributed by atoms with van der Waals surface area (Å²) in [5.41, 5.74) is 6.75. The molecular formula is C45H58N8O8. The summed E-state index contributed by atoms with van der Waals surface area (Å²) in [7, 11) is 8.31. The Morgan fingerprint density at radius 2 is 1.51 bits per heavy atom. The zero-order valence-corrected chi connectivity index (χ0v) is 36.0. The Morgan fingerprint density at radius 1 is 0.803 bits per heavy atom. The van der Waals surface area contributed by atoms with Crippen LogP contribution in [-0.4, -0.2) is 135 Å². The topological polar surface area (TPSA) is 158 Å². The number of ether oxygens (including phenoxy) is 3. The highest BCUT2D eigenvalue weighted by Gasteiger charge is 2.41. The molecule has 1 atom stereocenters. The Labute approximate surface area is 356 Å². The summed E-state index contributed by atoms with van der Waals surface area (Å²) in [6, 6.07) is 7.26. The van der Waals surface area contributed by atoms with E-state index in [1.165, 1.54) is 0 Å². The van der Waals surface area contributed by atoms with Gasteiger partial charge in [0.15, 0.2) is 0 Å². The fourth-order valence-corrected chi connectivity index (χ4v) is 9.93. The fraction of sp³-hybridized carbons (Fsp3) is 0.533. The van der Waals surface area contributed by atoms with Gasteiger partial charge in [0.25, 0.3) is 11.5 Å². The van der Waals surface area contributed by atoms with Crippen molar-refractivity contribution in [1.29, 1.82) is 0 Å². The van der Waals surface area contributed by atoms with Crippen LogP contribution in [0.25, 0.3) is 11.1 Å². The van der Waals surface area contributed by atoms with Gasteiger partial charge in [0.1, 0.15) is 23.3 Å². The maximum atomic E-state index is 13.5. The van der Waals surface area contributed by atoms with E-state index >= 15 is 0 Å². The SMILES string of the molecule is CNC(=O)N1CCc2c(-c3cc(OC)c(CN4CCC(CCN5CCN(c6cc7c(c(OC)c6)C(=O)N(C6CCC(=O)NC6=O)C7)CC5)CC4)c(OC)c3)cn(C)c(=O)c2C1. The Bertz CT molecular complexity index is 2240. The molecule has 0 spiro atoms. The van der Waals surface area contributed by atoms with E-state index in [0.29, 0.717) is 55.3 Å². The van der Waals surface area contributed by atoms with Gasteiger partial charge in [-0.25, -0.2) is 4.79 Å². The number of fused-ring (bicyclic) bond motifs is 2. The van der Waals surface area contributed by atoms with Gasteiger partial charge in [-0.2, -0.15) is 0 Å². The van der Waals surface area contributed by atoms with Crippen LogP contribution in [0.2, 0.25) is 0 Å². The number of carbonyl (C=O) groups excluding carboxylic acids is 4. The van der Waals surface area contributed by atoms with Crippen LogP contribution in [0.3, 0.4) is 0 Å². The van der Waals surface area contributed by atoms with Crippen LogP contribution in [0.4, 0.5) is 10.5 Å². The number of nitrogens with zero attached hydrogens (tertiary/aromatic N) is 6. The molecule has 5 amide bonds. The van der Waals surface area contributed by atoms with Crippen LogP contribution in [0.15, 0.2) is 35.3 Å². The second kappa shape index (κ2) is 17.8. The van der Waals surface area contributed by atoms with E-state index in [1.54, 1.807) is 49.8 Å². The summed E-state index contributed by atoms with van der Waals surface area (Å²) in [4.78, 5) is 74.0. The first-order valence-corrected chi connectivity index (χ1v) is 21.5. The number of pyridine rings is 1. The summed E-state index contributed by atoms with van der Waals surface area (Å²) in [6.45, 7) is 8.51. The number of imide groups is 1. The van der Waals surface area contributed by atoms with Crippen molar-refractivity contribution < 1.29 is 33.4 Å². The third kappa shape index (κ3) is 8.39. The van der Waals surface area contributed by atoms with Crippen LogP contribution in [0.1, 0.15) is 64.7 Å². The lowest BCUT2D eigenvalue weighted by atomic mass is 9.91. The first kappa shape index (κ1) is 42.1. The molecule has 3 fully saturated rings. The first-order valence-electron chi connectivity index (χ1n) is 21.5. The van der Waals surface area contributed by atoms with Gasteiger partial charge < -0.3 is 38.8 Å². The first-order chi connectivity index (χ1) is 29.5. The number of carbonyl (C=O) groups is 4. The minimum absolute atomic E-state index is 0.0923. The van der Waals surface area contributed by atoms with Crippen LogP contribution < -0.4 is 35.3 Å². The molecule has 1 aromatic heterocycles. The molecular weight excluding hydrogens is 781 g/mol. The van der Waals surface area contributed by atoms with Crippen LogP contribution in [0, 0.1) is 5.92 Å². The van der Waals surface area contributed by atoms with Crippen molar-refractivity contribution >= 4 is 29.4 Å². The molecule has 61 heavy (non-hydrogen) atoms. The normalized spacial score (nSPS) is 20.0. The van der Waals surface area contributed by atoms with E-state index < -0.39 is 11.9 Å². The highest BCUT2D eigenvalue weighted by Crippen LogP contribution is 2.40. The van der Waals surface area contributed by atoms with Crippen molar-refractivity contribution in [2.24, 2.45) is 13.0 Å². The van der Waals surface area contributed by atoms with Gasteiger partial charge in [-0.15, -0.1) is 0 Å². The number of piperidine rings is 2. The summed E-state index contributed by atoms with van der Waals surface area (Å²) in [5.74, 6) is 1.73. The zero-order chi connectivity index (χ0) is 42.9. The number of hydrogen-bond donors (Lipinski definition) is 2. The second-order valence-electron chi connectivity index (χ2n) is 16.9. The molecule has 5 aliphatic rings. The number of aryl methyl sites for hydroxylation is 1. The number of aromatic nitrogens is 1. The third-order valence-corrected chi connectivity index (χ3v) is 13.5. The Morgan fingerprint density at radius 3 is 2.16 bits per heavy atom. The van der Waals surface area contributed by atoms with E-state index in [2.05, 4.69) is 43.5 Å². The number of urea groups is 1. The molecule has 6 heterocycles. The number of benzene rings is 2. The van der Waals surface area contributed by atoms with Gasteiger partial charge in [-0.3, -0.25) is 34.3 Å². The number of methoxy groups -OCH3 is 3.